The number of aliphatic hydroxyl groups is 1. The summed E-state index contributed by atoms with van der Waals surface area (Å²) in [5.41, 5.74) is 1.74. The van der Waals surface area contributed by atoms with Gasteiger partial charge in [0.1, 0.15) is 5.69 Å². The highest BCUT2D eigenvalue weighted by molar-refractivity contribution is 7.09. The van der Waals surface area contributed by atoms with Crippen LogP contribution in [0.3, 0.4) is 0 Å². The van der Waals surface area contributed by atoms with Gasteiger partial charge in [-0.15, -0.1) is 11.3 Å². The van der Waals surface area contributed by atoms with Crippen LogP contribution in [0.4, 0.5) is 0 Å². The highest BCUT2D eigenvalue weighted by atomic mass is 32.1. The van der Waals surface area contributed by atoms with Gasteiger partial charge in [0.25, 0.3) is 5.91 Å². The largest absolute Gasteiger partial charge is 0.386 e. The average molecular weight is 291 g/mol. The number of aromatic nitrogens is 2. The Labute approximate surface area is 121 Å². The molecule has 106 valence electrons. The van der Waals surface area contributed by atoms with Crippen LogP contribution in [0, 0.1) is 6.92 Å². The van der Waals surface area contributed by atoms with Crippen LogP contribution in [-0.4, -0.2) is 44.2 Å². The number of carbonyl (C=O) groups is 1. The molecule has 0 bridgehead atoms. The number of thiazole rings is 1. The Bertz CT molecular complexity index is 664. The molecule has 0 aromatic carbocycles. The predicted molar refractivity (Wildman–Crippen MR) is 77.8 cm³/mol. The Morgan fingerprint density at radius 3 is 2.75 bits per heavy atom. The van der Waals surface area contributed by atoms with Crippen molar-refractivity contribution < 1.29 is 9.90 Å². The monoisotopic (exact) mass is 291 g/mol. The zero-order valence-corrected chi connectivity index (χ0v) is 12.6. The van der Waals surface area contributed by atoms with E-state index in [-0.39, 0.29) is 5.91 Å². The summed E-state index contributed by atoms with van der Waals surface area (Å²) >= 11 is 1.60. The van der Waals surface area contributed by atoms with E-state index in [0.717, 1.165) is 16.3 Å². The maximum absolute atomic E-state index is 12.4. The molecule has 1 N–H and O–H groups in total. The summed E-state index contributed by atoms with van der Waals surface area (Å²) in [5, 5.41) is 12.7. The third-order valence-corrected chi connectivity index (χ3v) is 4.26. The van der Waals surface area contributed by atoms with Crippen molar-refractivity contribution in [2.24, 2.45) is 7.05 Å². The lowest BCUT2D eigenvalue weighted by molar-refractivity contribution is -0.0671. The molecule has 1 amide bonds. The van der Waals surface area contributed by atoms with Crippen LogP contribution in [0.15, 0.2) is 17.6 Å². The highest BCUT2D eigenvalue weighted by Gasteiger charge is 2.40. The van der Waals surface area contributed by atoms with Crippen molar-refractivity contribution >= 4 is 17.2 Å². The number of aryl methyl sites for hydroxylation is 2. The third kappa shape index (κ3) is 2.25. The second-order valence-corrected chi connectivity index (χ2v) is 6.70. The number of hydrogen-bond acceptors (Lipinski definition) is 4. The van der Waals surface area contributed by atoms with Crippen LogP contribution in [0.5, 0.6) is 0 Å². The van der Waals surface area contributed by atoms with Gasteiger partial charge in [-0.05, 0) is 19.9 Å². The Hall–Kier alpha value is -1.66. The minimum Gasteiger partial charge on any atom is -0.386 e. The number of hydrogen-bond donors (Lipinski definition) is 1. The summed E-state index contributed by atoms with van der Waals surface area (Å²) in [7, 11) is 1.86. The maximum atomic E-state index is 12.4. The molecule has 0 aliphatic carbocycles. The number of nitrogens with zero attached hydrogens (tertiary/aromatic N) is 3. The molecule has 3 rings (SSSR count). The van der Waals surface area contributed by atoms with Crippen LogP contribution in [0.25, 0.3) is 11.3 Å². The molecular weight excluding hydrogens is 274 g/mol. The normalized spacial score (nSPS) is 17.1. The van der Waals surface area contributed by atoms with Crippen molar-refractivity contribution in [1.82, 2.24) is 14.5 Å². The molecule has 5 nitrogen and oxygen atoms in total. The van der Waals surface area contributed by atoms with E-state index in [2.05, 4.69) is 4.98 Å². The van der Waals surface area contributed by atoms with E-state index in [0.29, 0.717) is 18.8 Å². The van der Waals surface area contributed by atoms with Crippen molar-refractivity contribution in [1.29, 1.82) is 0 Å². The van der Waals surface area contributed by atoms with Crippen molar-refractivity contribution in [2.45, 2.75) is 19.4 Å². The fraction of sp³-hybridized carbons (Fsp3) is 0.429. The quantitative estimate of drug-likeness (QED) is 0.915. The van der Waals surface area contributed by atoms with Gasteiger partial charge in [-0.2, -0.15) is 0 Å². The van der Waals surface area contributed by atoms with Gasteiger partial charge in [0.05, 0.1) is 29.4 Å². The molecule has 1 aliphatic rings. The van der Waals surface area contributed by atoms with E-state index in [1.165, 1.54) is 0 Å². The van der Waals surface area contributed by atoms with E-state index in [4.69, 9.17) is 0 Å². The lowest BCUT2D eigenvalue weighted by atomic mass is 9.96. The molecule has 0 atom stereocenters. The van der Waals surface area contributed by atoms with E-state index >= 15 is 0 Å². The van der Waals surface area contributed by atoms with Gasteiger partial charge in [0.2, 0.25) is 0 Å². The predicted octanol–water partition coefficient (Wildman–Crippen LogP) is 1.66. The minimum absolute atomic E-state index is 0.0442. The zero-order chi connectivity index (χ0) is 14.5. The van der Waals surface area contributed by atoms with Gasteiger partial charge >= 0.3 is 0 Å². The first-order chi connectivity index (χ1) is 9.35. The molecular formula is C14H17N3O2S. The average Bonchev–Trinajstić information content (AvgIpc) is 2.91. The van der Waals surface area contributed by atoms with E-state index in [1.807, 2.05) is 36.2 Å². The molecule has 2 aromatic rings. The van der Waals surface area contributed by atoms with Gasteiger partial charge in [0, 0.05) is 24.2 Å². The van der Waals surface area contributed by atoms with Crippen molar-refractivity contribution in [3.63, 3.8) is 0 Å². The van der Waals surface area contributed by atoms with E-state index in [1.54, 1.807) is 23.2 Å². The third-order valence-electron chi connectivity index (χ3n) is 3.49. The molecule has 0 radical (unpaired) electrons. The second kappa shape index (κ2) is 4.43. The van der Waals surface area contributed by atoms with Gasteiger partial charge in [-0.25, -0.2) is 4.98 Å². The minimum atomic E-state index is -0.740. The molecule has 0 unspecified atom stereocenters. The molecule has 2 aromatic heterocycles. The molecule has 1 saturated heterocycles. The number of β-amino-alcohol motifs (C(OH)–C–C–N with tert-alkyl or cyclic N) is 1. The molecule has 1 fully saturated rings. The Kier molecular flexibility index (Phi) is 2.95. The summed E-state index contributed by atoms with van der Waals surface area (Å²) in [6.45, 7) is 4.49. The fourth-order valence-electron chi connectivity index (χ4n) is 2.49. The number of amides is 1. The van der Waals surface area contributed by atoms with Crippen molar-refractivity contribution in [3.05, 3.63) is 28.3 Å². The lowest BCUT2D eigenvalue weighted by Crippen LogP contribution is -2.61. The molecule has 6 heteroatoms. The second-order valence-electron chi connectivity index (χ2n) is 5.63. The lowest BCUT2D eigenvalue weighted by Gasteiger charge is -2.44. The summed E-state index contributed by atoms with van der Waals surface area (Å²) in [6, 6.07) is 1.86. The van der Waals surface area contributed by atoms with Crippen LogP contribution < -0.4 is 0 Å². The SMILES string of the molecule is Cc1nc(-c2cc(C(=O)N3CC(C)(O)C3)n(C)c2)cs1. The number of rotatable bonds is 2. The Balaban J connectivity index is 1.84. The standard InChI is InChI=1S/C14H17N3O2S/c1-9-15-11(6-20-9)10-4-12(16(3)5-10)13(18)17-7-14(2,19)8-17/h4-6,19H,7-8H2,1-3H3. The fourth-order valence-corrected chi connectivity index (χ4v) is 3.12. The first kappa shape index (κ1) is 13.3. The van der Waals surface area contributed by atoms with Crippen molar-refractivity contribution in [3.8, 4) is 11.3 Å². The molecule has 1 aliphatic heterocycles. The van der Waals surface area contributed by atoms with E-state index < -0.39 is 5.60 Å². The highest BCUT2D eigenvalue weighted by Crippen LogP contribution is 2.26. The summed E-state index contributed by atoms with van der Waals surface area (Å²) in [4.78, 5) is 18.5. The van der Waals surface area contributed by atoms with Gasteiger partial charge < -0.3 is 14.6 Å². The molecule has 0 saturated carbocycles. The van der Waals surface area contributed by atoms with Crippen LogP contribution in [0.2, 0.25) is 0 Å². The van der Waals surface area contributed by atoms with Gasteiger partial charge in [-0.3, -0.25) is 4.79 Å². The topological polar surface area (TPSA) is 58.4 Å². The summed E-state index contributed by atoms with van der Waals surface area (Å²) in [6.07, 6.45) is 1.92. The number of likely N-dealkylation sites (tertiary alicyclic amines) is 1. The van der Waals surface area contributed by atoms with Crippen molar-refractivity contribution in [2.75, 3.05) is 13.1 Å². The van der Waals surface area contributed by atoms with E-state index in [9.17, 15) is 9.90 Å². The van der Waals surface area contributed by atoms with Gasteiger partial charge in [-0.1, -0.05) is 0 Å². The first-order valence-electron chi connectivity index (χ1n) is 6.46. The molecule has 3 heterocycles. The first-order valence-corrected chi connectivity index (χ1v) is 7.34. The maximum Gasteiger partial charge on any atom is 0.270 e. The van der Waals surface area contributed by atoms with Crippen LogP contribution >= 0.6 is 11.3 Å². The summed E-state index contributed by atoms with van der Waals surface area (Å²) in [5.74, 6) is -0.0442. The Morgan fingerprint density at radius 1 is 1.50 bits per heavy atom. The Morgan fingerprint density at radius 2 is 2.20 bits per heavy atom. The zero-order valence-electron chi connectivity index (χ0n) is 11.8. The molecule has 0 spiro atoms. The van der Waals surface area contributed by atoms with Crippen LogP contribution in [-0.2, 0) is 7.05 Å². The summed E-state index contributed by atoms with van der Waals surface area (Å²) < 4.78 is 1.82. The van der Waals surface area contributed by atoms with Gasteiger partial charge in [0.15, 0.2) is 0 Å². The number of carbonyl (C=O) groups excluding carboxylic acids is 1. The molecule has 20 heavy (non-hydrogen) atoms. The van der Waals surface area contributed by atoms with Crippen LogP contribution in [0.1, 0.15) is 22.4 Å². The smallest absolute Gasteiger partial charge is 0.270 e.